The highest BCUT2D eigenvalue weighted by molar-refractivity contribution is 5.94. The molecule has 6 nitrogen and oxygen atoms in total. The number of hydrogen-bond donors (Lipinski definition) is 1. The summed E-state index contributed by atoms with van der Waals surface area (Å²) in [5.41, 5.74) is 2.69. The van der Waals surface area contributed by atoms with Crippen LogP contribution in [0.15, 0.2) is 30.3 Å². The number of esters is 1. The number of hydrogen-bond acceptors (Lipinski definition) is 4. The van der Waals surface area contributed by atoms with E-state index in [0.717, 1.165) is 43.5 Å². The predicted molar refractivity (Wildman–Crippen MR) is 119 cm³/mol. The quantitative estimate of drug-likeness (QED) is 0.510. The van der Waals surface area contributed by atoms with Crippen LogP contribution in [-0.2, 0) is 4.74 Å². The second kappa shape index (κ2) is 11.5. The molecule has 0 saturated heterocycles. The number of amides is 1. The maximum Gasteiger partial charge on any atom is 0.358 e. The molecule has 1 aromatic carbocycles. The summed E-state index contributed by atoms with van der Waals surface area (Å²) >= 11 is 0. The van der Waals surface area contributed by atoms with Crippen molar-refractivity contribution < 1.29 is 14.3 Å². The molecule has 0 fully saturated rings. The number of benzene rings is 1. The third-order valence-corrected chi connectivity index (χ3v) is 5.32. The highest BCUT2D eigenvalue weighted by atomic mass is 16.5. The average molecular weight is 414 g/mol. The minimum Gasteiger partial charge on any atom is -0.461 e. The lowest BCUT2D eigenvalue weighted by Crippen LogP contribution is -2.34. The molecule has 0 saturated carbocycles. The van der Waals surface area contributed by atoms with Crippen LogP contribution in [0.5, 0.6) is 0 Å². The van der Waals surface area contributed by atoms with Crippen molar-refractivity contribution in [2.24, 2.45) is 0 Å². The van der Waals surface area contributed by atoms with Gasteiger partial charge in [-0.2, -0.15) is 5.10 Å². The lowest BCUT2D eigenvalue weighted by atomic mass is 10.0. The molecule has 0 aliphatic rings. The maximum atomic E-state index is 12.6. The van der Waals surface area contributed by atoms with Crippen molar-refractivity contribution in [2.45, 2.75) is 78.7 Å². The third kappa shape index (κ3) is 5.94. The Morgan fingerprint density at radius 2 is 1.70 bits per heavy atom. The number of ether oxygens (including phenoxy) is 1. The first-order valence-corrected chi connectivity index (χ1v) is 11.1. The van der Waals surface area contributed by atoms with E-state index in [2.05, 4.69) is 38.1 Å². The van der Waals surface area contributed by atoms with Crippen LogP contribution in [0.1, 0.15) is 99.2 Å². The second-order valence-corrected chi connectivity index (χ2v) is 7.69. The van der Waals surface area contributed by atoms with Gasteiger partial charge in [0.15, 0.2) is 5.69 Å². The zero-order chi connectivity index (χ0) is 22.1. The van der Waals surface area contributed by atoms with Gasteiger partial charge in [0.1, 0.15) is 0 Å². The Balaban J connectivity index is 2.26. The zero-order valence-electron chi connectivity index (χ0n) is 18.9. The minimum absolute atomic E-state index is 0.0525. The molecule has 0 aliphatic carbocycles. The standard InChI is InChI=1S/C24H35N3O3/c1-6-10-19(11-7-2)25-23(28)18-12-14-20(15-13-18)27-22(17(5)8-3)16-21(26-27)24(29)30-9-4/h12-17,19H,6-11H2,1-5H3,(H,25,28). The fourth-order valence-electron chi connectivity index (χ4n) is 3.48. The van der Waals surface area contributed by atoms with Crippen LogP contribution in [0, 0.1) is 0 Å². The van der Waals surface area contributed by atoms with Gasteiger partial charge in [0.05, 0.1) is 12.3 Å². The fourth-order valence-corrected chi connectivity index (χ4v) is 3.48. The Hall–Kier alpha value is -2.63. The number of nitrogens with one attached hydrogen (secondary N) is 1. The van der Waals surface area contributed by atoms with E-state index < -0.39 is 5.97 Å². The summed E-state index contributed by atoms with van der Waals surface area (Å²) < 4.78 is 6.88. The Kier molecular flexibility index (Phi) is 9.09. The van der Waals surface area contributed by atoms with Crippen molar-refractivity contribution in [1.29, 1.82) is 0 Å². The molecule has 164 valence electrons. The van der Waals surface area contributed by atoms with Gasteiger partial charge < -0.3 is 10.1 Å². The summed E-state index contributed by atoms with van der Waals surface area (Å²) in [4.78, 5) is 24.8. The van der Waals surface area contributed by atoms with E-state index in [1.807, 2.05) is 24.3 Å². The van der Waals surface area contributed by atoms with Crippen molar-refractivity contribution in [2.75, 3.05) is 6.61 Å². The van der Waals surface area contributed by atoms with E-state index in [1.165, 1.54) is 0 Å². The van der Waals surface area contributed by atoms with E-state index in [0.29, 0.717) is 17.9 Å². The van der Waals surface area contributed by atoms with Crippen molar-refractivity contribution in [3.8, 4) is 5.69 Å². The molecule has 1 heterocycles. The zero-order valence-corrected chi connectivity index (χ0v) is 18.9. The van der Waals surface area contributed by atoms with Crippen LogP contribution in [0.2, 0.25) is 0 Å². The molecule has 6 heteroatoms. The molecule has 0 bridgehead atoms. The van der Waals surface area contributed by atoms with E-state index in [-0.39, 0.29) is 17.9 Å². The summed E-state index contributed by atoms with van der Waals surface area (Å²) in [6, 6.07) is 9.38. The Bertz CT molecular complexity index is 821. The largest absolute Gasteiger partial charge is 0.461 e. The fraction of sp³-hybridized carbons (Fsp3) is 0.542. The SMILES string of the molecule is CCCC(CCC)NC(=O)c1ccc(-n2nc(C(=O)OCC)cc2C(C)CC)cc1. The van der Waals surface area contributed by atoms with Crippen molar-refractivity contribution >= 4 is 11.9 Å². The maximum absolute atomic E-state index is 12.6. The van der Waals surface area contributed by atoms with Gasteiger partial charge in [-0.3, -0.25) is 4.79 Å². The van der Waals surface area contributed by atoms with Crippen LogP contribution in [0.3, 0.4) is 0 Å². The first-order chi connectivity index (χ1) is 14.4. The normalized spacial score (nSPS) is 12.1. The first-order valence-electron chi connectivity index (χ1n) is 11.1. The second-order valence-electron chi connectivity index (χ2n) is 7.69. The topological polar surface area (TPSA) is 73.2 Å². The molecule has 2 rings (SSSR count). The molecule has 1 N–H and O–H groups in total. The summed E-state index contributed by atoms with van der Waals surface area (Å²) in [5.74, 6) is -0.245. The Morgan fingerprint density at radius 3 is 2.23 bits per heavy atom. The number of nitrogens with zero attached hydrogens (tertiary/aromatic N) is 2. The van der Waals surface area contributed by atoms with E-state index in [1.54, 1.807) is 17.7 Å². The minimum atomic E-state index is -0.422. The van der Waals surface area contributed by atoms with Gasteiger partial charge in [-0.25, -0.2) is 9.48 Å². The highest BCUT2D eigenvalue weighted by Gasteiger charge is 2.20. The smallest absolute Gasteiger partial charge is 0.358 e. The van der Waals surface area contributed by atoms with Crippen molar-refractivity contribution in [1.82, 2.24) is 15.1 Å². The monoisotopic (exact) mass is 413 g/mol. The molecule has 30 heavy (non-hydrogen) atoms. The van der Waals surface area contributed by atoms with Crippen LogP contribution < -0.4 is 5.32 Å². The summed E-state index contributed by atoms with van der Waals surface area (Å²) in [5, 5.41) is 7.62. The molecule has 1 aromatic heterocycles. The van der Waals surface area contributed by atoms with Crippen molar-refractivity contribution in [3.05, 3.63) is 47.3 Å². The van der Waals surface area contributed by atoms with Gasteiger partial charge in [-0.1, -0.05) is 40.5 Å². The lowest BCUT2D eigenvalue weighted by molar-refractivity contribution is 0.0518. The van der Waals surface area contributed by atoms with Crippen molar-refractivity contribution in [3.63, 3.8) is 0 Å². The number of carbonyl (C=O) groups excluding carboxylic acids is 2. The van der Waals surface area contributed by atoms with Crippen LogP contribution in [0.25, 0.3) is 5.69 Å². The molecule has 0 spiro atoms. The molecular weight excluding hydrogens is 378 g/mol. The average Bonchev–Trinajstić information content (AvgIpc) is 3.19. The summed E-state index contributed by atoms with van der Waals surface area (Å²) in [6.45, 7) is 10.6. The number of rotatable bonds is 11. The Labute approximate surface area is 180 Å². The van der Waals surface area contributed by atoms with Crippen LogP contribution in [-0.4, -0.2) is 34.3 Å². The summed E-state index contributed by atoms with van der Waals surface area (Å²) in [6.07, 6.45) is 4.99. The van der Waals surface area contributed by atoms with Crippen LogP contribution >= 0.6 is 0 Å². The van der Waals surface area contributed by atoms with Gasteiger partial charge in [-0.15, -0.1) is 0 Å². The summed E-state index contributed by atoms with van der Waals surface area (Å²) in [7, 11) is 0. The molecule has 0 aliphatic heterocycles. The molecule has 1 amide bonds. The molecular formula is C24H35N3O3. The molecule has 0 radical (unpaired) electrons. The number of aromatic nitrogens is 2. The predicted octanol–water partition coefficient (Wildman–Crippen LogP) is 5.26. The number of carbonyl (C=O) groups is 2. The lowest BCUT2D eigenvalue weighted by Gasteiger charge is -2.17. The molecule has 1 unspecified atom stereocenters. The van der Waals surface area contributed by atoms with Gasteiger partial charge >= 0.3 is 5.97 Å². The van der Waals surface area contributed by atoms with Gasteiger partial charge in [-0.05, 0) is 62.4 Å². The highest BCUT2D eigenvalue weighted by Crippen LogP contribution is 2.24. The van der Waals surface area contributed by atoms with Gasteiger partial charge in [0, 0.05) is 17.3 Å². The van der Waals surface area contributed by atoms with Gasteiger partial charge in [0.2, 0.25) is 0 Å². The molecule has 1 atom stereocenters. The van der Waals surface area contributed by atoms with E-state index in [9.17, 15) is 9.59 Å². The third-order valence-electron chi connectivity index (χ3n) is 5.32. The molecule has 2 aromatic rings. The first kappa shape index (κ1) is 23.6. The van der Waals surface area contributed by atoms with E-state index in [4.69, 9.17) is 4.74 Å². The van der Waals surface area contributed by atoms with E-state index >= 15 is 0 Å². The van der Waals surface area contributed by atoms with Crippen LogP contribution in [0.4, 0.5) is 0 Å². The van der Waals surface area contributed by atoms with Gasteiger partial charge in [0.25, 0.3) is 5.91 Å². The Morgan fingerprint density at radius 1 is 1.07 bits per heavy atom.